The van der Waals surface area contributed by atoms with Crippen molar-refractivity contribution in [3.63, 3.8) is 0 Å². The summed E-state index contributed by atoms with van der Waals surface area (Å²) in [5.41, 5.74) is 0.987. The second-order valence-corrected chi connectivity index (χ2v) is 12.5. The smallest absolute Gasteiger partial charge is 0.206 e. The molecule has 0 aliphatic carbocycles. The van der Waals surface area contributed by atoms with E-state index < -0.39 is 19.7 Å². The summed E-state index contributed by atoms with van der Waals surface area (Å²) in [6, 6.07) is 24.4. The quantitative estimate of drug-likeness (QED) is 0.241. The minimum atomic E-state index is -3.69. The fourth-order valence-electron chi connectivity index (χ4n) is 3.58. The molecule has 0 aliphatic heterocycles. The number of sulfone groups is 2. The third-order valence-electron chi connectivity index (χ3n) is 5.74. The summed E-state index contributed by atoms with van der Waals surface area (Å²) >= 11 is 0. The van der Waals surface area contributed by atoms with E-state index in [1.54, 1.807) is 48.5 Å². The van der Waals surface area contributed by atoms with Crippen LogP contribution in [-0.4, -0.2) is 48.4 Å². The maximum absolute atomic E-state index is 12.7. The number of phenolic OH excluding ortho intramolecular Hbond substituents is 1. The molecule has 4 aromatic rings. The molecule has 0 bridgehead atoms. The zero-order valence-electron chi connectivity index (χ0n) is 21.2. The van der Waals surface area contributed by atoms with Crippen molar-refractivity contribution < 1.29 is 36.2 Å². The lowest BCUT2D eigenvalue weighted by molar-refractivity contribution is 0.0764. The average Bonchev–Trinajstić information content (AvgIpc) is 2.93. The second-order valence-electron chi connectivity index (χ2n) is 8.57. The van der Waals surface area contributed by atoms with Gasteiger partial charge in [0.15, 0.2) is 0 Å². The number of hydrogen-bond acceptors (Lipinski definition) is 8. The molecule has 0 aromatic heterocycles. The molecule has 0 radical (unpaired) electrons. The van der Waals surface area contributed by atoms with E-state index in [-0.39, 0.29) is 38.5 Å². The molecule has 0 fully saturated rings. The van der Waals surface area contributed by atoms with E-state index >= 15 is 0 Å². The highest BCUT2D eigenvalue weighted by atomic mass is 32.2. The van der Waals surface area contributed by atoms with Gasteiger partial charge < -0.3 is 19.3 Å². The summed E-state index contributed by atoms with van der Waals surface area (Å²) < 4.78 is 67.5. The highest BCUT2D eigenvalue weighted by Crippen LogP contribution is 2.25. The first-order valence-electron chi connectivity index (χ1n) is 12.1. The van der Waals surface area contributed by atoms with Crippen LogP contribution in [0, 0.1) is 6.92 Å². The Kier molecular flexibility index (Phi) is 8.90. The van der Waals surface area contributed by atoms with Crippen molar-refractivity contribution in [2.24, 2.45) is 0 Å². The lowest BCUT2D eigenvalue weighted by Gasteiger charge is -2.10. The zero-order chi connectivity index (χ0) is 27.9. The number of phenols is 1. The van der Waals surface area contributed by atoms with Gasteiger partial charge in [-0.1, -0.05) is 17.7 Å². The number of hydrogen-bond donors (Lipinski definition) is 1. The minimum Gasteiger partial charge on any atom is -0.508 e. The van der Waals surface area contributed by atoms with E-state index in [1.165, 1.54) is 48.5 Å². The van der Waals surface area contributed by atoms with Crippen molar-refractivity contribution in [2.75, 3.05) is 26.4 Å². The van der Waals surface area contributed by atoms with Crippen molar-refractivity contribution in [1.82, 2.24) is 0 Å². The molecule has 0 unspecified atom stereocenters. The molecule has 8 nitrogen and oxygen atoms in total. The van der Waals surface area contributed by atoms with E-state index in [1.807, 2.05) is 6.92 Å². The standard InChI is InChI=1S/C29H28O8S2/c1-22-2-10-26(11-3-22)38(31,32)28-14-6-24(7-15-28)36-20-18-35-19-21-37-25-8-16-29(17-9-25)39(33,34)27-12-4-23(30)5-13-27/h2-17,30H,18-21H2,1H3. The number of ether oxygens (including phenoxy) is 3. The Morgan fingerprint density at radius 3 is 1.23 bits per heavy atom. The number of rotatable bonds is 12. The fraction of sp³-hybridized carbons (Fsp3) is 0.172. The van der Waals surface area contributed by atoms with E-state index in [0.29, 0.717) is 24.7 Å². The third kappa shape index (κ3) is 7.17. The first-order valence-corrected chi connectivity index (χ1v) is 15.0. The largest absolute Gasteiger partial charge is 0.508 e. The van der Waals surface area contributed by atoms with Crippen LogP contribution in [0.3, 0.4) is 0 Å². The van der Waals surface area contributed by atoms with Gasteiger partial charge in [-0.05, 0) is 91.9 Å². The summed E-state index contributed by atoms with van der Waals surface area (Å²) in [5, 5.41) is 9.36. The van der Waals surface area contributed by atoms with Crippen LogP contribution in [0.2, 0.25) is 0 Å². The number of benzene rings is 4. The third-order valence-corrected chi connectivity index (χ3v) is 9.31. The molecule has 1 N–H and O–H groups in total. The van der Waals surface area contributed by atoms with Crippen molar-refractivity contribution in [1.29, 1.82) is 0 Å². The molecule has 0 atom stereocenters. The highest BCUT2D eigenvalue weighted by Gasteiger charge is 2.18. The van der Waals surface area contributed by atoms with Gasteiger partial charge in [0.1, 0.15) is 30.5 Å². The Morgan fingerprint density at radius 1 is 0.513 bits per heavy atom. The van der Waals surface area contributed by atoms with E-state index in [0.717, 1.165) is 5.56 Å². The normalized spacial score (nSPS) is 11.7. The van der Waals surface area contributed by atoms with Crippen molar-refractivity contribution in [3.8, 4) is 17.2 Å². The summed E-state index contributed by atoms with van der Waals surface area (Å²) in [7, 11) is -7.28. The Hall–Kier alpha value is -3.86. The predicted molar refractivity (Wildman–Crippen MR) is 145 cm³/mol. The van der Waals surface area contributed by atoms with Gasteiger partial charge in [0.05, 0.1) is 32.8 Å². The molecule has 204 valence electrons. The topological polar surface area (TPSA) is 116 Å². The average molecular weight is 569 g/mol. The molecule has 0 saturated heterocycles. The van der Waals surface area contributed by atoms with Crippen LogP contribution in [0.15, 0.2) is 117 Å². The predicted octanol–water partition coefficient (Wildman–Crippen LogP) is 4.84. The zero-order valence-corrected chi connectivity index (χ0v) is 22.8. The molecule has 0 aliphatic rings. The number of aryl methyl sites for hydroxylation is 1. The Balaban J connectivity index is 1.17. The van der Waals surface area contributed by atoms with Crippen LogP contribution in [0.1, 0.15) is 5.56 Å². The van der Waals surface area contributed by atoms with Gasteiger partial charge in [-0.2, -0.15) is 0 Å². The van der Waals surface area contributed by atoms with Gasteiger partial charge in [0, 0.05) is 0 Å². The molecule has 0 amide bonds. The molecular weight excluding hydrogens is 540 g/mol. The first kappa shape index (κ1) is 28.2. The summed E-state index contributed by atoms with van der Waals surface area (Å²) in [6.07, 6.45) is 0. The van der Waals surface area contributed by atoms with Gasteiger partial charge in [-0.15, -0.1) is 0 Å². The molecule has 10 heteroatoms. The van der Waals surface area contributed by atoms with Gasteiger partial charge in [-0.3, -0.25) is 0 Å². The van der Waals surface area contributed by atoms with Gasteiger partial charge in [0.25, 0.3) is 0 Å². The Bertz CT molecular complexity index is 1460. The molecule has 0 saturated carbocycles. The van der Waals surface area contributed by atoms with Crippen molar-refractivity contribution >= 4 is 19.7 Å². The molecule has 39 heavy (non-hydrogen) atoms. The maximum atomic E-state index is 12.7. The van der Waals surface area contributed by atoms with Crippen molar-refractivity contribution in [3.05, 3.63) is 103 Å². The highest BCUT2D eigenvalue weighted by molar-refractivity contribution is 7.91. The van der Waals surface area contributed by atoms with Crippen LogP contribution in [-0.2, 0) is 24.4 Å². The van der Waals surface area contributed by atoms with E-state index in [9.17, 15) is 21.9 Å². The van der Waals surface area contributed by atoms with Gasteiger partial charge in [-0.25, -0.2) is 16.8 Å². The van der Waals surface area contributed by atoms with Crippen LogP contribution in [0.5, 0.6) is 17.2 Å². The van der Waals surface area contributed by atoms with Crippen molar-refractivity contribution in [2.45, 2.75) is 26.5 Å². The minimum absolute atomic E-state index is 0.00710. The lowest BCUT2D eigenvalue weighted by Crippen LogP contribution is -2.12. The molecule has 0 heterocycles. The van der Waals surface area contributed by atoms with Crippen LogP contribution in [0.25, 0.3) is 0 Å². The molecule has 0 spiro atoms. The van der Waals surface area contributed by atoms with Gasteiger partial charge in [0.2, 0.25) is 19.7 Å². The molecule has 4 aromatic carbocycles. The number of aromatic hydroxyl groups is 1. The summed E-state index contributed by atoms with van der Waals surface area (Å²) in [6.45, 7) is 3.03. The van der Waals surface area contributed by atoms with E-state index in [2.05, 4.69) is 0 Å². The van der Waals surface area contributed by atoms with Crippen LogP contribution < -0.4 is 9.47 Å². The maximum Gasteiger partial charge on any atom is 0.206 e. The van der Waals surface area contributed by atoms with Crippen LogP contribution in [0.4, 0.5) is 0 Å². The SMILES string of the molecule is Cc1ccc(S(=O)(=O)c2ccc(OCCOCCOc3ccc(S(=O)(=O)c4ccc(O)cc4)cc3)cc2)cc1. The van der Waals surface area contributed by atoms with E-state index in [4.69, 9.17) is 14.2 Å². The summed E-state index contributed by atoms with van der Waals surface area (Å²) in [4.78, 5) is 0.646. The summed E-state index contributed by atoms with van der Waals surface area (Å²) in [5.74, 6) is 1.02. The fourth-order valence-corrected chi connectivity index (χ4v) is 6.11. The molecular formula is C29H28O8S2. The first-order chi connectivity index (χ1) is 18.7. The monoisotopic (exact) mass is 568 g/mol. The Morgan fingerprint density at radius 2 is 0.846 bits per heavy atom. The second kappa shape index (κ2) is 12.3. The van der Waals surface area contributed by atoms with Crippen LogP contribution >= 0.6 is 0 Å². The lowest BCUT2D eigenvalue weighted by atomic mass is 10.2. The Labute approximate surface area is 228 Å². The molecule has 4 rings (SSSR count). The van der Waals surface area contributed by atoms with Gasteiger partial charge >= 0.3 is 0 Å².